The summed E-state index contributed by atoms with van der Waals surface area (Å²) in [4.78, 5) is 9.80. The standard InChI is InChI=1S/C21H24N3OS/c1-3-17(21-22-16-8-4-7-11-20(16)26-21)23-12-14-24(15-13-23)18-9-5-6-10-19(18)25-2/h4-11,17H,1,3,12-15H2,2H3. The highest BCUT2D eigenvalue weighted by Gasteiger charge is 2.27. The van der Waals surface area contributed by atoms with Crippen molar-refractivity contribution in [3.8, 4) is 5.75 Å². The Balaban J connectivity index is 1.49. The summed E-state index contributed by atoms with van der Waals surface area (Å²) in [7, 11) is 1.74. The smallest absolute Gasteiger partial charge is 0.142 e. The molecule has 0 bridgehead atoms. The van der Waals surface area contributed by atoms with Gasteiger partial charge >= 0.3 is 0 Å². The molecule has 1 saturated heterocycles. The minimum Gasteiger partial charge on any atom is -0.495 e. The third kappa shape index (κ3) is 3.29. The van der Waals surface area contributed by atoms with Crippen LogP contribution in [0.3, 0.4) is 0 Å². The average Bonchev–Trinajstić information content (AvgIpc) is 3.13. The molecule has 0 aliphatic carbocycles. The Bertz CT molecular complexity index is 837. The van der Waals surface area contributed by atoms with Gasteiger partial charge in [-0.1, -0.05) is 31.2 Å². The second kappa shape index (κ2) is 7.64. The normalized spacial score (nSPS) is 16.8. The molecule has 135 valence electrons. The number of piperazine rings is 1. The number of anilines is 1. The summed E-state index contributed by atoms with van der Waals surface area (Å²) in [5, 5.41) is 1.19. The summed E-state index contributed by atoms with van der Waals surface area (Å²) in [5.41, 5.74) is 2.28. The van der Waals surface area contributed by atoms with Gasteiger partial charge in [-0.3, -0.25) is 4.90 Å². The van der Waals surface area contributed by atoms with Gasteiger partial charge in [0.2, 0.25) is 0 Å². The molecule has 0 saturated carbocycles. The number of rotatable bonds is 5. The van der Waals surface area contributed by atoms with Gasteiger partial charge in [-0.05, 0) is 30.7 Å². The predicted octanol–water partition coefficient (Wildman–Crippen LogP) is 4.39. The summed E-state index contributed by atoms with van der Waals surface area (Å²) in [6.45, 7) is 8.20. The van der Waals surface area contributed by atoms with E-state index in [2.05, 4.69) is 53.1 Å². The zero-order valence-corrected chi connectivity index (χ0v) is 15.9. The summed E-state index contributed by atoms with van der Waals surface area (Å²) < 4.78 is 6.78. The van der Waals surface area contributed by atoms with Crippen LogP contribution in [0.15, 0.2) is 48.5 Å². The molecule has 3 aromatic rings. The van der Waals surface area contributed by atoms with Crippen molar-refractivity contribution >= 4 is 27.2 Å². The first-order chi connectivity index (χ1) is 12.8. The van der Waals surface area contributed by atoms with Gasteiger partial charge in [0, 0.05) is 26.2 Å². The van der Waals surface area contributed by atoms with Crippen molar-refractivity contribution in [3.63, 3.8) is 0 Å². The molecule has 1 radical (unpaired) electrons. The second-order valence-electron chi connectivity index (χ2n) is 6.52. The molecule has 1 fully saturated rings. The van der Waals surface area contributed by atoms with Gasteiger partial charge in [0.05, 0.1) is 29.1 Å². The number of ether oxygens (including phenoxy) is 1. The van der Waals surface area contributed by atoms with Crippen molar-refractivity contribution < 1.29 is 4.74 Å². The molecule has 0 amide bonds. The molecule has 0 spiro atoms. The molecule has 2 heterocycles. The van der Waals surface area contributed by atoms with Crippen LogP contribution in [0.4, 0.5) is 5.69 Å². The SMILES string of the molecule is [CH2]CC(c1nc2ccccc2s1)N1CCN(c2ccccc2OC)CC1. The fourth-order valence-electron chi connectivity index (χ4n) is 3.66. The zero-order chi connectivity index (χ0) is 17.9. The number of methoxy groups -OCH3 is 1. The molecule has 5 heteroatoms. The topological polar surface area (TPSA) is 28.6 Å². The van der Waals surface area contributed by atoms with Crippen molar-refractivity contribution in [2.75, 3.05) is 38.2 Å². The minimum atomic E-state index is 0.298. The van der Waals surface area contributed by atoms with Crippen LogP contribution in [-0.2, 0) is 0 Å². The third-order valence-corrected chi connectivity index (χ3v) is 6.19. The first kappa shape index (κ1) is 17.3. The van der Waals surface area contributed by atoms with E-state index in [1.165, 1.54) is 15.4 Å². The number of benzene rings is 2. The quantitative estimate of drug-likeness (QED) is 0.669. The van der Waals surface area contributed by atoms with E-state index in [1.54, 1.807) is 18.4 Å². The van der Waals surface area contributed by atoms with Crippen LogP contribution in [0.25, 0.3) is 10.2 Å². The van der Waals surface area contributed by atoms with Crippen LogP contribution >= 0.6 is 11.3 Å². The zero-order valence-electron chi connectivity index (χ0n) is 15.1. The molecule has 1 atom stereocenters. The Morgan fingerprint density at radius 2 is 1.81 bits per heavy atom. The van der Waals surface area contributed by atoms with Gasteiger partial charge in [-0.25, -0.2) is 4.98 Å². The Kier molecular flexibility index (Phi) is 5.09. The lowest BCUT2D eigenvalue weighted by Gasteiger charge is -2.39. The Morgan fingerprint density at radius 1 is 1.08 bits per heavy atom. The Morgan fingerprint density at radius 3 is 2.54 bits per heavy atom. The van der Waals surface area contributed by atoms with Crippen LogP contribution in [0.5, 0.6) is 5.75 Å². The summed E-state index contributed by atoms with van der Waals surface area (Å²) in [6, 6.07) is 16.9. The van der Waals surface area contributed by atoms with Crippen LogP contribution in [-0.4, -0.2) is 43.2 Å². The summed E-state index contributed by atoms with van der Waals surface area (Å²) >= 11 is 1.80. The minimum absolute atomic E-state index is 0.298. The van der Waals surface area contributed by atoms with E-state index in [9.17, 15) is 0 Å². The molecule has 4 rings (SSSR count). The average molecular weight is 367 g/mol. The number of para-hydroxylation sites is 3. The molecule has 1 aliphatic heterocycles. The van der Waals surface area contributed by atoms with E-state index >= 15 is 0 Å². The lowest BCUT2D eigenvalue weighted by Crippen LogP contribution is -2.47. The molecule has 1 aromatic heterocycles. The van der Waals surface area contributed by atoms with Crippen LogP contribution in [0, 0.1) is 6.92 Å². The number of nitrogens with zero attached hydrogens (tertiary/aromatic N) is 3. The maximum absolute atomic E-state index is 5.52. The third-order valence-electron chi connectivity index (χ3n) is 5.05. The molecule has 0 N–H and O–H groups in total. The lowest BCUT2D eigenvalue weighted by atomic mass is 10.1. The Hall–Kier alpha value is -2.11. The molecular formula is C21H24N3OS. The lowest BCUT2D eigenvalue weighted by molar-refractivity contribution is 0.185. The van der Waals surface area contributed by atoms with Gasteiger partial charge in [0.15, 0.2) is 0 Å². The van der Waals surface area contributed by atoms with E-state index in [-0.39, 0.29) is 0 Å². The molecular weight excluding hydrogens is 342 g/mol. The van der Waals surface area contributed by atoms with Crippen LogP contribution < -0.4 is 9.64 Å². The van der Waals surface area contributed by atoms with E-state index in [4.69, 9.17) is 9.72 Å². The second-order valence-corrected chi connectivity index (χ2v) is 7.58. The maximum atomic E-state index is 5.52. The highest BCUT2D eigenvalue weighted by molar-refractivity contribution is 7.18. The molecule has 2 aromatic carbocycles. The number of hydrogen-bond donors (Lipinski definition) is 0. The molecule has 26 heavy (non-hydrogen) atoms. The molecule has 4 nitrogen and oxygen atoms in total. The Labute approximate surface area is 159 Å². The fraction of sp³-hybridized carbons (Fsp3) is 0.333. The molecule has 1 unspecified atom stereocenters. The number of thiazole rings is 1. The summed E-state index contributed by atoms with van der Waals surface area (Å²) in [5.74, 6) is 0.945. The number of aromatic nitrogens is 1. The fourth-order valence-corrected chi connectivity index (χ4v) is 4.80. The van der Waals surface area contributed by atoms with Crippen molar-refractivity contribution in [3.05, 3.63) is 60.5 Å². The van der Waals surface area contributed by atoms with Crippen molar-refractivity contribution in [1.29, 1.82) is 0 Å². The van der Waals surface area contributed by atoms with E-state index in [1.807, 2.05) is 12.1 Å². The van der Waals surface area contributed by atoms with Gasteiger partial charge in [-0.2, -0.15) is 0 Å². The maximum Gasteiger partial charge on any atom is 0.142 e. The summed E-state index contributed by atoms with van der Waals surface area (Å²) in [6.07, 6.45) is 0.842. The van der Waals surface area contributed by atoms with Gasteiger partial charge in [0.1, 0.15) is 10.8 Å². The van der Waals surface area contributed by atoms with E-state index in [0.717, 1.165) is 43.9 Å². The van der Waals surface area contributed by atoms with E-state index in [0.29, 0.717) is 6.04 Å². The van der Waals surface area contributed by atoms with Gasteiger partial charge in [0.25, 0.3) is 0 Å². The highest BCUT2D eigenvalue weighted by Crippen LogP contribution is 2.34. The first-order valence-corrected chi connectivity index (χ1v) is 9.88. The van der Waals surface area contributed by atoms with Crippen molar-refractivity contribution in [2.24, 2.45) is 0 Å². The first-order valence-electron chi connectivity index (χ1n) is 9.07. The van der Waals surface area contributed by atoms with E-state index < -0.39 is 0 Å². The predicted molar refractivity (Wildman–Crippen MR) is 109 cm³/mol. The van der Waals surface area contributed by atoms with Crippen molar-refractivity contribution in [1.82, 2.24) is 9.88 Å². The number of fused-ring (bicyclic) bond motifs is 1. The van der Waals surface area contributed by atoms with Crippen molar-refractivity contribution in [2.45, 2.75) is 12.5 Å². The highest BCUT2D eigenvalue weighted by atomic mass is 32.1. The van der Waals surface area contributed by atoms with Gasteiger partial charge in [-0.15, -0.1) is 11.3 Å². The molecule has 1 aliphatic rings. The largest absolute Gasteiger partial charge is 0.495 e. The monoisotopic (exact) mass is 366 g/mol. The number of hydrogen-bond acceptors (Lipinski definition) is 5. The van der Waals surface area contributed by atoms with Gasteiger partial charge < -0.3 is 9.64 Å². The van der Waals surface area contributed by atoms with Crippen LogP contribution in [0.1, 0.15) is 17.5 Å². The van der Waals surface area contributed by atoms with Crippen LogP contribution in [0.2, 0.25) is 0 Å².